The monoisotopic (exact) mass is 344 g/mol. The Hall–Kier alpha value is -1.28. The van der Waals surface area contributed by atoms with Gasteiger partial charge in [0.1, 0.15) is 12.4 Å². The molecule has 21 heavy (non-hydrogen) atoms. The van der Waals surface area contributed by atoms with E-state index in [4.69, 9.17) is 4.74 Å². The predicted octanol–water partition coefficient (Wildman–Crippen LogP) is 5.69. The largest absolute Gasteiger partial charge is 0.489 e. The van der Waals surface area contributed by atoms with Gasteiger partial charge in [0, 0.05) is 4.83 Å². The highest BCUT2D eigenvalue weighted by Gasteiger charge is 2.20. The van der Waals surface area contributed by atoms with E-state index in [0.717, 1.165) is 16.5 Å². The van der Waals surface area contributed by atoms with Crippen LogP contribution in [0.15, 0.2) is 54.6 Å². The van der Waals surface area contributed by atoms with Gasteiger partial charge < -0.3 is 4.74 Å². The number of ether oxygens (including phenoxy) is 1. The number of halogens is 1. The van der Waals surface area contributed by atoms with Gasteiger partial charge in [-0.05, 0) is 54.9 Å². The minimum atomic E-state index is 0.634. The lowest BCUT2D eigenvalue weighted by molar-refractivity contribution is 0.306. The predicted molar refractivity (Wildman–Crippen MR) is 91.1 cm³/mol. The van der Waals surface area contributed by atoms with Crippen molar-refractivity contribution in [2.24, 2.45) is 0 Å². The van der Waals surface area contributed by atoms with E-state index in [-0.39, 0.29) is 0 Å². The third-order valence-corrected chi connectivity index (χ3v) is 5.17. The molecule has 0 unspecified atom stereocenters. The zero-order valence-corrected chi connectivity index (χ0v) is 13.8. The average Bonchev–Trinajstić information content (AvgIpc) is 2.55. The zero-order valence-electron chi connectivity index (χ0n) is 12.2. The van der Waals surface area contributed by atoms with E-state index in [1.54, 1.807) is 0 Å². The van der Waals surface area contributed by atoms with Gasteiger partial charge in [-0.1, -0.05) is 58.4 Å². The standard InChI is InChI=1S/C19H21BrO/c20-18-10-6-16(7-11-18)17-8-12-19(13-9-17)21-14-15-4-2-1-3-5-15/h1-5,8-9,12-13,16,18H,6-7,10-11,14H2. The fourth-order valence-corrected chi connectivity index (χ4v) is 3.49. The van der Waals surface area contributed by atoms with Crippen LogP contribution in [0.1, 0.15) is 42.7 Å². The molecule has 1 saturated carbocycles. The molecule has 0 heterocycles. The molecule has 0 amide bonds. The van der Waals surface area contributed by atoms with E-state index in [1.165, 1.54) is 36.8 Å². The molecule has 0 radical (unpaired) electrons. The fraction of sp³-hybridized carbons (Fsp3) is 0.368. The molecule has 0 atom stereocenters. The maximum Gasteiger partial charge on any atom is 0.119 e. The fourth-order valence-electron chi connectivity index (χ4n) is 2.96. The van der Waals surface area contributed by atoms with Crippen LogP contribution in [-0.2, 0) is 6.61 Å². The summed E-state index contributed by atoms with van der Waals surface area (Å²) in [4.78, 5) is 0.724. The maximum absolute atomic E-state index is 5.84. The number of hydrogen-bond donors (Lipinski definition) is 0. The van der Waals surface area contributed by atoms with Crippen LogP contribution in [0.4, 0.5) is 0 Å². The van der Waals surface area contributed by atoms with E-state index >= 15 is 0 Å². The van der Waals surface area contributed by atoms with Crippen LogP contribution >= 0.6 is 15.9 Å². The summed E-state index contributed by atoms with van der Waals surface area (Å²) in [5, 5.41) is 0. The van der Waals surface area contributed by atoms with Crippen LogP contribution in [0.5, 0.6) is 5.75 Å². The van der Waals surface area contributed by atoms with Crippen LogP contribution in [0.25, 0.3) is 0 Å². The van der Waals surface area contributed by atoms with Crippen LogP contribution in [0.2, 0.25) is 0 Å². The first-order chi connectivity index (χ1) is 10.3. The van der Waals surface area contributed by atoms with Gasteiger partial charge >= 0.3 is 0 Å². The van der Waals surface area contributed by atoms with Crippen molar-refractivity contribution in [3.8, 4) is 5.75 Å². The van der Waals surface area contributed by atoms with Gasteiger partial charge in [0.15, 0.2) is 0 Å². The Morgan fingerprint density at radius 1 is 0.857 bits per heavy atom. The van der Waals surface area contributed by atoms with Crippen molar-refractivity contribution in [2.75, 3.05) is 0 Å². The Labute approximate surface area is 135 Å². The summed E-state index contributed by atoms with van der Waals surface area (Å²) in [6.45, 7) is 0.634. The third kappa shape index (κ3) is 4.10. The molecule has 1 aliphatic rings. The summed E-state index contributed by atoms with van der Waals surface area (Å²) in [6, 6.07) is 19.0. The van der Waals surface area contributed by atoms with Crippen molar-refractivity contribution in [1.82, 2.24) is 0 Å². The Morgan fingerprint density at radius 3 is 2.19 bits per heavy atom. The molecule has 2 aromatic rings. The number of hydrogen-bond acceptors (Lipinski definition) is 1. The Kier molecular flexibility index (Phi) is 4.97. The molecule has 1 aliphatic carbocycles. The summed E-state index contributed by atoms with van der Waals surface area (Å²) >= 11 is 3.72. The topological polar surface area (TPSA) is 9.23 Å². The van der Waals surface area contributed by atoms with Gasteiger partial charge in [0.25, 0.3) is 0 Å². The Morgan fingerprint density at radius 2 is 1.52 bits per heavy atom. The first-order valence-corrected chi connectivity index (χ1v) is 8.63. The van der Waals surface area contributed by atoms with Crippen LogP contribution in [-0.4, -0.2) is 4.83 Å². The van der Waals surface area contributed by atoms with Crippen molar-refractivity contribution in [1.29, 1.82) is 0 Å². The van der Waals surface area contributed by atoms with Gasteiger partial charge in [-0.3, -0.25) is 0 Å². The van der Waals surface area contributed by atoms with Gasteiger partial charge in [-0.25, -0.2) is 0 Å². The Bertz CT molecular complexity index is 542. The molecule has 1 fully saturated rings. The SMILES string of the molecule is BrC1CCC(c2ccc(OCc3ccccc3)cc2)CC1. The summed E-state index contributed by atoms with van der Waals surface area (Å²) in [6.07, 6.45) is 5.16. The van der Waals surface area contributed by atoms with Crippen molar-refractivity contribution in [3.05, 3.63) is 65.7 Å². The van der Waals surface area contributed by atoms with E-state index in [0.29, 0.717) is 6.61 Å². The summed E-state index contributed by atoms with van der Waals surface area (Å²) < 4.78 is 5.84. The van der Waals surface area contributed by atoms with Gasteiger partial charge in [-0.15, -0.1) is 0 Å². The molecule has 2 heteroatoms. The lowest BCUT2D eigenvalue weighted by Crippen LogP contribution is -2.12. The molecule has 0 aromatic heterocycles. The molecule has 0 bridgehead atoms. The first-order valence-electron chi connectivity index (χ1n) is 7.72. The molecule has 0 N–H and O–H groups in total. The molecule has 110 valence electrons. The second kappa shape index (κ2) is 7.13. The second-order valence-corrected chi connectivity index (χ2v) is 7.09. The highest BCUT2D eigenvalue weighted by atomic mass is 79.9. The van der Waals surface area contributed by atoms with Crippen LogP contribution in [0, 0.1) is 0 Å². The van der Waals surface area contributed by atoms with Gasteiger partial charge in [0.2, 0.25) is 0 Å². The molecule has 0 saturated heterocycles. The third-order valence-electron chi connectivity index (χ3n) is 4.26. The highest BCUT2D eigenvalue weighted by molar-refractivity contribution is 9.09. The molecular formula is C19H21BrO. The molecule has 3 rings (SSSR count). The lowest BCUT2D eigenvalue weighted by atomic mass is 9.84. The minimum Gasteiger partial charge on any atom is -0.489 e. The first kappa shape index (κ1) is 14.6. The minimum absolute atomic E-state index is 0.634. The van der Waals surface area contributed by atoms with Crippen LogP contribution in [0.3, 0.4) is 0 Å². The number of alkyl halides is 1. The van der Waals surface area contributed by atoms with Crippen molar-refractivity contribution < 1.29 is 4.74 Å². The molecule has 0 spiro atoms. The molecular weight excluding hydrogens is 324 g/mol. The summed E-state index contributed by atoms with van der Waals surface area (Å²) in [5.41, 5.74) is 2.67. The number of rotatable bonds is 4. The summed E-state index contributed by atoms with van der Waals surface area (Å²) in [5.74, 6) is 1.68. The van der Waals surface area contributed by atoms with E-state index < -0.39 is 0 Å². The molecule has 1 nitrogen and oxygen atoms in total. The molecule has 0 aliphatic heterocycles. The van der Waals surface area contributed by atoms with Crippen LogP contribution < -0.4 is 4.74 Å². The summed E-state index contributed by atoms with van der Waals surface area (Å²) in [7, 11) is 0. The van der Waals surface area contributed by atoms with Crippen molar-refractivity contribution in [2.45, 2.75) is 43.0 Å². The second-order valence-electron chi connectivity index (χ2n) is 5.79. The molecule has 2 aromatic carbocycles. The van der Waals surface area contributed by atoms with E-state index in [2.05, 4.69) is 52.3 Å². The van der Waals surface area contributed by atoms with Gasteiger partial charge in [0.05, 0.1) is 0 Å². The smallest absolute Gasteiger partial charge is 0.119 e. The van der Waals surface area contributed by atoms with E-state index in [9.17, 15) is 0 Å². The lowest BCUT2D eigenvalue weighted by Gasteiger charge is -2.25. The average molecular weight is 345 g/mol. The maximum atomic E-state index is 5.84. The van der Waals surface area contributed by atoms with Crippen molar-refractivity contribution >= 4 is 15.9 Å². The zero-order chi connectivity index (χ0) is 14.5. The highest BCUT2D eigenvalue weighted by Crippen LogP contribution is 2.36. The quantitative estimate of drug-likeness (QED) is 0.647. The van der Waals surface area contributed by atoms with Gasteiger partial charge in [-0.2, -0.15) is 0 Å². The number of benzene rings is 2. The van der Waals surface area contributed by atoms with Crippen molar-refractivity contribution in [3.63, 3.8) is 0 Å². The Balaban J connectivity index is 1.57. The van der Waals surface area contributed by atoms with E-state index in [1.807, 2.05) is 18.2 Å². The normalized spacial score (nSPS) is 22.0.